The first-order valence-corrected chi connectivity index (χ1v) is 8.41. The van der Waals surface area contributed by atoms with Gasteiger partial charge in [-0.1, -0.05) is 0 Å². The maximum atomic E-state index is 14.0. The van der Waals surface area contributed by atoms with Gasteiger partial charge in [0.1, 0.15) is 10.7 Å². The van der Waals surface area contributed by atoms with Crippen LogP contribution in [-0.4, -0.2) is 34.0 Å². The number of benzene rings is 1. The third kappa shape index (κ3) is 4.13. The predicted octanol–water partition coefficient (Wildman–Crippen LogP) is 1.33. The standard InChI is InChI=1S/C11H16F2N2O2S2/c1-14-7-8-9(12)3-4-10(11(8)13)19(16,17)15-5-6-18-2/h3-4,14-15H,5-7H2,1-2H3. The Morgan fingerprint density at radius 1 is 1.32 bits per heavy atom. The largest absolute Gasteiger partial charge is 0.315 e. The van der Waals surface area contributed by atoms with E-state index in [-0.39, 0.29) is 18.7 Å². The molecule has 0 radical (unpaired) electrons. The van der Waals surface area contributed by atoms with Crippen LogP contribution in [0.25, 0.3) is 0 Å². The summed E-state index contributed by atoms with van der Waals surface area (Å²) in [5.74, 6) is -1.24. The summed E-state index contributed by atoms with van der Waals surface area (Å²) in [7, 11) is -2.43. The highest BCUT2D eigenvalue weighted by Crippen LogP contribution is 2.20. The molecule has 0 unspecified atom stereocenters. The van der Waals surface area contributed by atoms with Gasteiger partial charge in [0.25, 0.3) is 0 Å². The third-order valence-corrected chi connectivity index (χ3v) is 4.48. The zero-order valence-corrected chi connectivity index (χ0v) is 12.3. The first kappa shape index (κ1) is 16.4. The summed E-state index contributed by atoms with van der Waals surface area (Å²) in [5, 5.41) is 2.60. The molecule has 0 fully saturated rings. The zero-order chi connectivity index (χ0) is 14.5. The molecule has 0 aromatic heterocycles. The van der Waals surface area contributed by atoms with E-state index in [0.29, 0.717) is 5.75 Å². The molecule has 1 aromatic carbocycles. The summed E-state index contributed by atoms with van der Waals surface area (Å²) < 4.78 is 53.5. The van der Waals surface area contributed by atoms with Gasteiger partial charge in [0.15, 0.2) is 5.82 Å². The molecule has 0 aliphatic carbocycles. The number of nitrogens with one attached hydrogen (secondary N) is 2. The number of hydrogen-bond donors (Lipinski definition) is 2. The van der Waals surface area contributed by atoms with Crippen molar-refractivity contribution in [1.82, 2.24) is 10.0 Å². The molecular weight excluding hydrogens is 294 g/mol. The maximum absolute atomic E-state index is 14.0. The first-order valence-electron chi connectivity index (χ1n) is 5.54. The van der Waals surface area contributed by atoms with Crippen LogP contribution >= 0.6 is 11.8 Å². The molecule has 0 amide bonds. The quantitative estimate of drug-likeness (QED) is 0.746. The Morgan fingerprint density at radius 3 is 2.58 bits per heavy atom. The fourth-order valence-corrected chi connectivity index (χ4v) is 3.05. The number of rotatable bonds is 7. The molecule has 1 aromatic rings. The van der Waals surface area contributed by atoms with E-state index < -0.39 is 26.6 Å². The van der Waals surface area contributed by atoms with Crippen LogP contribution in [0.15, 0.2) is 17.0 Å². The van der Waals surface area contributed by atoms with E-state index in [1.54, 1.807) is 0 Å². The van der Waals surface area contributed by atoms with E-state index in [9.17, 15) is 17.2 Å². The molecule has 0 aliphatic heterocycles. The van der Waals surface area contributed by atoms with Crippen LogP contribution in [0, 0.1) is 11.6 Å². The summed E-state index contributed by atoms with van der Waals surface area (Å²) in [4.78, 5) is -0.528. The van der Waals surface area contributed by atoms with Gasteiger partial charge in [0.05, 0.1) is 0 Å². The van der Waals surface area contributed by atoms with E-state index in [1.807, 2.05) is 6.26 Å². The molecule has 1 rings (SSSR count). The molecule has 0 aliphatic rings. The Bertz CT molecular complexity index is 536. The van der Waals surface area contributed by atoms with Crippen LogP contribution in [-0.2, 0) is 16.6 Å². The number of halogens is 2. The SMILES string of the molecule is CNCc1c(F)ccc(S(=O)(=O)NCCSC)c1F. The van der Waals surface area contributed by atoms with Gasteiger partial charge in [0, 0.05) is 24.4 Å². The van der Waals surface area contributed by atoms with Crippen molar-refractivity contribution in [3.8, 4) is 0 Å². The minimum Gasteiger partial charge on any atom is -0.315 e. The van der Waals surface area contributed by atoms with Gasteiger partial charge >= 0.3 is 0 Å². The molecule has 0 atom stereocenters. The van der Waals surface area contributed by atoms with Crippen LogP contribution < -0.4 is 10.0 Å². The lowest BCUT2D eigenvalue weighted by Gasteiger charge is -2.11. The fourth-order valence-electron chi connectivity index (χ4n) is 1.48. The summed E-state index contributed by atoms with van der Waals surface area (Å²) in [5.41, 5.74) is -0.282. The van der Waals surface area contributed by atoms with Crippen LogP contribution in [0.2, 0.25) is 0 Å². The summed E-state index contributed by atoms with van der Waals surface area (Å²) in [6, 6.07) is 1.89. The van der Waals surface area contributed by atoms with E-state index in [4.69, 9.17) is 0 Å². The zero-order valence-electron chi connectivity index (χ0n) is 10.7. The third-order valence-electron chi connectivity index (χ3n) is 2.39. The summed E-state index contributed by atoms with van der Waals surface area (Å²) in [6.45, 7) is 0.119. The number of thioether (sulfide) groups is 1. The Hall–Kier alpha value is -0.700. The van der Waals surface area contributed by atoms with Crippen molar-refractivity contribution >= 4 is 21.8 Å². The molecular formula is C11H16F2N2O2S2. The lowest BCUT2D eigenvalue weighted by molar-refractivity contribution is 0.518. The van der Waals surface area contributed by atoms with E-state index in [0.717, 1.165) is 12.1 Å². The number of hydrogen-bond acceptors (Lipinski definition) is 4. The van der Waals surface area contributed by atoms with Gasteiger partial charge < -0.3 is 5.32 Å². The molecule has 19 heavy (non-hydrogen) atoms. The van der Waals surface area contributed by atoms with Crippen LogP contribution in [0.5, 0.6) is 0 Å². The van der Waals surface area contributed by atoms with E-state index >= 15 is 0 Å². The molecule has 0 heterocycles. The normalized spacial score (nSPS) is 11.8. The van der Waals surface area contributed by atoms with Crippen LogP contribution in [0.4, 0.5) is 8.78 Å². The molecule has 4 nitrogen and oxygen atoms in total. The smallest absolute Gasteiger partial charge is 0.243 e. The average Bonchev–Trinajstić information content (AvgIpc) is 2.34. The molecule has 0 saturated heterocycles. The van der Waals surface area contributed by atoms with Crippen molar-refractivity contribution in [2.45, 2.75) is 11.4 Å². The molecule has 108 valence electrons. The van der Waals surface area contributed by atoms with Crippen molar-refractivity contribution in [1.29, 1.82) is 0 Å². The van der Waals surface area contributed by atoms with Gasteiger partial charge in [0.2, 0.25) is 10.0 Å². The second-order valence-corrected chi connectivity index (χ2v) is 6.48. The molecule has 8 heteroatoms. The van der Waals surface area contributed by atoms with Crippen molar-refractivity contribution in [3.63, 3.8) is 0 Å². The van der Waals surface area contributed by atoms with Gasteiger partial charge in [-0.15, -0.1) is 0 Å². The minimum absolute atomic E-state index is 0.0775. The molecule has 0 bridgehead atoms. The van der Waals surface area contributed by atoms with Gasteiger partial charge in [-0.3, -0.25) is 0 Å². The summed E-state index contributed by atoms with van der Waals surface area (Å²) >= 11 is 1.46. The van der Waals surface area contributed by atoms with Gasteiger partial charge in [-0.05, 0) is 25.4 Å². The highest BCUT2D eigenvalue weighted by Gasteiger charge is 2.22. The first-order chi connectivity index (χ1) is 8.94. The van der Waals surface area contributed by atoms with Crippen LogP contribution in [0.1, 0.15) is 5.56 Å². The Morgan fingerprint density at radius 2 is 2.00 bits per heavy atom. The lowest BCUT2D eigenvalue weighted by atomic mass is 10.2. The number of sulfonamides is 1. The van der Waals surface area contributed by atoms with E-state index in [1.165, 1.54) is 18.8 Å². The van der Waals surface area contributed by atoms with Crippen molar-refractivity contribution in [3.05, 3.63) is 29.3 Å². The Labute approximate surface area is 116 Å². The fraction of sp³-hybridized carbons (Fsp3) is 0.455. The highest BCUT2D eigenvalue weighted by molar-refractivity contribution is 7.98. The molecule has 0 spiro atoms. The second kappa shape index (κ2) is 7.18. The van der Waals surface area contributed by atoms with Gasteiger partial charge in [-0.2, -0.15) is 11.8 Å². The molecule has 0 saturated carbocycles. The van der Waals surface area contributed by atoms with Crippen LogP contribution in [0.3, 0.4) is 0 Å². The molecule has 2 N–H and O–H groups in total. The topological polar surface area (TPSA) is 58.2 Å². The second-order valence-electron chi connectivity index (χ2n) is 3.76. The average molecular weight is 310 g/mol. The van der Waals surface area contributed by atoms with Crippen molar-refractivity contribution < 1.29 is 17.2 Å². The minimum atomic E-state index is -3.95. The lowest BCUT2D eigenvalue weighted by Crippen LogP contribution is -2.27. The Balaban J connectivity index is 3.10. The predicted molar refractivity (Wildman–Crippen MR) is 72.7 cm³/mol. The Kier molecular flexibility index (Phi) is 6.18. The maximum Gasteiger partial charge on any atom is 0.243 e. The van der Waals surface area contributed by atoms with Gasteiger partial charge in [-0.25, -0.2) is 21.9 Å². The van der Waals surface area contributed by atoms with E-state index in [2.05, 4.69) is 10.0 Å². The monoisotopic (exact) mass is 310 g/mol. The van der Waals surface area contributed by atoms with Crippen molar-refractivity contribution in [2.24, 2.45) is 0 Å². The highest BCUT2D eigenvalue weighted by atomic mass is 32.2. The summed E-state index contributed by atoms with van der Waals surface area (Å²) in [6.07, 6.45) is 1.83. The van der Waals surface area contributed by atoms with Crippen molar-refractivity contribution in [2.75, 3.05) is 25.6 Å².